The van der Waals surface area contributed by atoms with E-state index in [0.717, 1.165) is 13.1 Å². The van der Waals surface area contributed by atoms with Gasteiger partial charge in [0.2, 0.25) is 0 Å². The summed E-state index contributed by atoms with van der Waals surface area (Å²) >= 11 is 0. The highest BCUT2D eigenvalue weighted by atomic mass is 16.5. The number of hydrazone groups is 1. The van der Waals surface area contributed by atoms with Crippen molar-refractivity contribution in [1.29, 1.82) is 0 Å². The molecule has 0 aliphatic carbocycles. The Morgan fingerprint density at radius 2 is 2.00 bits per heavy atom. The molecule has 1 fully saturated rings. The Balaban J connectivity index is 1.36. The maximum Gasteiger partial charge on any atom is 0.338 e. The highest BCUT2D eigenvalue weighted by Gasteiger charge is 2.32. The van der Waals surface area contributed by atoms with E-state index in [2.05, 4.69) is 26.1 Å². The van der Waals surface area contributed by atoms with E-state index in [1.807, 2.05) is 6.07 Å². The minimum atomic E-state index is -0.760. The maximum atomic E-state index is 12.6. The third-order valence-electron chi connectivity index (χ3n) is 5.96. The molecule has 2 aliphatic rings. The number of urea groups is 1. The third-order valence-corrected chi connectivity index (χ3v) is 5.96. The van der Waals surface area contributed by atoms with Crippen LogP contribution in [0, 0.1) is 0 Å². The van der Waals surface area contributed by atoms with Crippen molar-refractivity contribution in [1.82, 2.24) is 16.1 Å². The summed E-state index contributed by atoms with van der Waals surface area (Å²) < 4.78 is 27.3. The molecule has 0 unspecified atom stereocenters. The van der Waals surface area contributed by atoms with E-state index >= 15 is 0 Å². The molecule has 2 aliphatic heterocycles. The van der Waals surface area contributed by atoms with Gasteiger partial charge in [-0.2, -0.15) is 5.10 Å². The Labute approximate surface area is 225 Å². The molecule has 39 heavy (non-hydrogen) atoms. The highest BCUT2D eigenvalue weighted by molar-refractivity contribution is 5.95. The highest BCUT2D eigenvalue weighted by Crippen LogP contribution is 2.34. The van der Waals surface area contributed by atoms with Crippen molar-refractivity contribution in [2.24, 2.45) is 5.10 Å². The number of benzene rings is 1. The molecule has 3 N–H and O–H groups in total. The predicted octanol–water partition coefficient (Wildman–Crippen LogP) is 1.84. The lowest BCUT2D eigenvalue weighted by Gasteiger charge is -2.28. The Hall–Kier alpha value is -4.52. The summed E-state index contributed by atoms with van der Waals surface area (Å²) in [5, 5.41) is 9.23. The van der Waals surface area contributed by atoms with Gasteiger partial charge in [-0.05, 0) is 37.6 Å². The normalized spacial score (nSPS) is 17.5. The quantitative estimate of drug-likeness (QED) is 0.232. The van der Waals surface area contributed by atoms with Crippen LogP contribution in [0.25, 0.3) is 0 Å². The summed E-state index contributed by atoms with van der Waals surface area (Å²) in [5.41, 5.74) is 3.63. The summed E-state index contributed by atoms with van der Waals surface area (Å²) in [6, 6.07) is 7.27. The van der Waals surface area contributed by atoms with Crippen LogP contribution in [-0.2, 0) is 19.1 Å². The van der Waals surface area contributed by atoms with E-state index < -0.39 is 23.9 Å². The number of esters is 1. The standard InChI is InChI=1S/C26H31N5O8/c1-4-37-25(33)23-16(2)28-26(34)29-24(23)17-5-7-19(20(13-17)35-3)38-15-21(32)30-27-14-18-6-8-22(39-18)31-9-11-36-12-10-31/h5-8,13-14,24H,4,9-12,15H2,1-3H3,(H,30,32)(H2,28,29,34)/b27-14-/t24-/m0/s1. The average molecular weight is 542 g/mol. The summed E-state index contributed by atoms with van der Waals surface area (Å²) in [4.78, 5) is 39.0. The van der Waals surface area contributed by atoms with Crippen LogP contribution in [0.2, 0.25) is 0 Å². The predicted molar refractivity (Wildman–Crippen MR) is 140 cm³/mol. The fourth-order valence-corrected chi connectivity index (χ4v) is 4.12. The summed E-state index contributed by atoms with van der Waals surface area (Å²) in [6.45, 7) is 5.98. The number of carbonyl (C=O) groups excluding carboxylic acids is 3. The Bertz CT molecular complexity index is 1260. The molecule has 0 saturated carbocycles. The monoisotopic (exact) mass is 541 g/mol. The van der Waals surface area contributed by atoms with Gasteiger partial charge in [-0.25, -0.2) is 15.0 Å². The van der Waals surface area contributed by atoms with E-state index in [1.54, 1.807) is 38.1 Å². The summed E-state index contributed by atoms with van der Waals surface area (Å²) in [5.74, 6) is 0.770. The molecule has 0 radical (unpaired) electrons. The van der Waals surface area contributed by atoms with Crippen molar-refractivity contribution >= 4 is 30.0 Å². The molecule has 4 rings (SSSR count). The van der Waals surface area contributed by atoms with Crippen LogP contribution in [0.1, 0.15) is 31.2 Å². The van der Waals surface area contributed by atoms with Crippen molar-refractivity contribution in [3.63, 3.8) is 0 Å². The minimum Gasteiger partial charge on any atom is -0.493 e. The number of morpholine rings is 1. The van der Waals surface area contributed by atoms with Crippen molar-refractivity contribution in [3.05, 3.63) is 52.9 Å². The molecular formula is C26H31N5O8. The number of amides is 3. The topological polar surface area (TPSA) is 153 Å². The van der Waals surface area contributed by atoms with Crippen LogP contribution in [0.3, 0.4) is 0 Å². The molecule has 1 saturated heterocycles. The SMILES string of the molecule is CCOC(=O)C1=C(C)NC(=O)N[C@H]1c1ccc(OCC(=O)N/N=C\c2ccc(N3CCOCC3)o2)c(OC)c1. The molecule has 13 nitrogen and oxygen atoms in total. The van der Waals surface area contributed by atoms with Gasteiger partial charge in [0, 0.05) is 24.9 Å². The van der Waals surface area contributed by atoms with Gasteiger partial charge in [0.25, 0.3) is 5.91 Å². The second kappa shape index (κ2) is 12.8. The molecule has 208 valence electrons. The fourth-order valence-electron chi connectivity index (χ4n) is 4.12. The van der Waals surface area contributed by atoms with Crippen molar-refractivity contribution in [3.8, 4) is 11.5 Å². The van der Waals surface area contributed by atoms with E-state index in [9.17, 15) is 14.4 Å². The van der Waals surface area contributed by atoms with Crippen LogP contribution in [-0.4, -0.2) is 70.7 Å². The van der Waals surface area contributed by atoms with Gasteiger partial charge in [-0.1, -0.05) is 6.07 Å². The van der Waals surface area contributed by atoms with Gasteiger partial charge in [-0.3, -0.25) is 4.79 Å². The number of carbonyl (C=O) groups is 3. The lowest BCUT2D eigenvalue weighted by Crippen LogP contribution is -2.45. The van der Waals surface area contributed by atoms with Gasteiger partial charge in [0.1, 0.15) is 5.76 Å². The molecule has 1 aromatic heterocycles. The number of furan rings is 1. The van der Waals surface area contributed by atoms with Gasteiger partial charge < -0.3 is 38.9 Å². The third kappa shape index (κ3) is 6.87. The second-order valence-corrected chi connectivity index (χ2v) is 8.56. The molecule has 3 amide bonds. The lowest BCUT2D eigenvalue weighted by molar-refractivity contribution is -0.139. The number of nitrogens with one attached hydrogen (secondary N) is 3. The Kier molecular flexibility index (Phi) is 9.05. The maximum absolute atomic E-state index is 12.6. The van der Waals surface area contributed by atoms with Crippen molar-refractivity contribution in [2.45, 2.75) is 19.9 Å². The zero-order valence-electron chi connectivity index (χ0n) is 21.9. The number of nitrogens with zero attached hydrogens (tertiary/aromatic N) is 2. The number of ether oxygens (including phenoxy) is 4. The van der Waals surface area contributed by atoms with Crippen LogP contribution >= 0.6 is 0 Å². The first-order valence-electron chi connectivity index (χ1n) is 12.4. The molecule has 2 aromatic rings. The first-order valence-corrected chi connectivity index (χ1v) is 12.4. The van der Waals surface area contributed by atoms with Crippen LogP contribution < -0.4 is 30.4 Å². The fraction of sp³-hybridized carbons (Fsp3) is 0.385. The van der Waals surface area contributed by atoms with Crippen LogP contribution in [0.4, 0.5) is 10.7 Å². The summed E-state index contributed by atoms with van der Waals surface area (Å²) in [7, 11) is 1.44. The number of hydrogen-bond acceptors (Lipinski definition) is 10. The lowest BCUT2D eigenvalue weighted by atomic mass is 9.95. The largest absolute Gasteiger partial charge is 0.493 e. The number of allylic oxidation sites excluding steroid dienone is 1. The zero-order valence-corrected chi connectivity index (χ0v) is 21.9. The van der Waals surface area contributed by atoms with Gasteiger partial charge in [0.15, 0.2) is 24.0 Å². The number of rotatable bonds is 10. The van der Waals surface area contributed by atoms with Crippen molar-refractivity contribution in [2.75, 3.05) is 51.5 Å². The molecule has 1 aromatic carbocycles. The molecule has 1 atom stereocenters. The van der Waals surface area contributed by atoms with E-state index in [4.69, 9.17) is 23.4 Å². The molecule has 13 heteroatoms. The minimum absolute atomic E-state index is 0.190. The smallest absolute Gasteiger partial charge is 0.338 e. The van der Waals surface area contributed by atoms with Crippen molar-refractivity contribution < 1.29 is 37.7 Å². The van der Waals surface area contributed by atoms with Gasteiger partial charge >= 0.3 is 12.0 Å². The van der Waals surface area contributed by atoms with Gasteiger partial charge in [-0.15, -0.1) is 0 Å². The van der Waals surface area contributed by atoms with E-state index in [0.29, 0.717) is 47.6 Å². The second-order valence-electron chi connectivity index (χ2n) is 8.56. The molecular weight excluding hydrogens is 510 g/mol. The molecule has 0 bridgehead atoms. The average Bonchev–Trinajstić information content (AvgIpc) is 3.41. The first kappa shape index (κ1) is 27.5. The Morgan fingerprint density at radius 1 is 1.21 bits per heavy atom. The number of anilines is 1. The van der Waals surface area contributed by atoms with E-state index in [-0.39, 0.29) is 18.8 Å². The molecule has 3 heterocycles. The number of methoxy groups -OCH3 is 1. The number of hydrogen-bond donors (Lipinski definition) is 3. The first-order chi connectivity index (χ1) is 18.9. The van der Waals surface area contributed by atoms with Gasteiger partial charge in [0.05, 0.1) is 44.8 Å². The van der Waals surface area contributed by atoms with E-state index in [1.165, 1.54) is 13.3 Å². The van der Waals surface area contributed by atoms with Crippen LogP contribution in [0.15, 0.2) is 51.1 Å². The Morgan fingerprint density at radius 3 is 2.74 bits per heavy atom. The summed E-state index contributed by atoms with van der Waals surface area (Å²) in [6.07, 6.45) is 1.40. The zero-order chi connectivity index (χ0) is 27.8. The molecule has 0 spiro atoms. The van der Waals surface area contributed by atoms with Crippen LogP contribution in [0.5, 0.6) is 11.5 Å².